The smallest absolute Gasteiger partial charge is 0.417 e. The Balaban J connectivity index is 1.96. The summed E-state index contributed by atoms with van der Waals surface area (Å²) in [6.07, 6.45) is -6.49. The Labute approximate surface area is 238 Å². The number of amides is 3. The van der Waals surface area contributed by atoms with Gasteiger partial charge < -0.3 is 30.6 Å². The van der Waals surface area contributed by atoms with Gasteiger partial charge in [-0.25, -0.2) is 9.18 Å². The molecule has 230 valence electrons. The van der Waals surface area contributed by atoms with Gasteiger partial charge in [-0.15, -0.1) is 0 Å². The van der Waals surface area contributed by atoms with Gasteiger partial charge in [-0.3, -0.25) is 14.6 Å². The van der Waals surface area contributed by atoms with Crippen molar-refractivity contribution in [2.45, 2.75) is 64.0 Å². The summed E-state index contributed by atoms with van der Waals surface area (Å²) in [5, 5.41) is 4.73. The second-order valence-electron chi connectivity index (χ2n) is 10.8. The Bertz CT molecular complexity index is 1350. The molecule has 3 amide bonds. The minimum absolute atomic E-state index is 0.0191. The molecule has 15 heteroatoms. The lowest BCUT2D eigenvalue weighted by Crippen LogP contribution is -2.47. The number of carbonyl (C=O) groups excluding carboxylic acids is 3. The highest BCUT2D eigenvalue weighted by Crippen LogP contribution is 2.55. The van der Waals surface area contributed by atoms with Crippen molar-refractivity contribution in [1.82, 2.24) is 10.3 Å². The number of nitrogens with one attached hydrogen (secondary N) is 2. The largest absolute Gasteiger partial charge is 0.488 e. The Morgan fingerprint density at radius 3 is 2.40 bits per heavy atom. The summed E-state index contributed by atoms with van der Waals surface area (Å²) in [7, 11) is 0. The quantitative estimate of drug-likeness (QED) is 0.300. The zero-order valence-corrected chi connectivity index (χ0v) is 23.4. The number of anilines is 1. The summed E-state index contributed by atoms with van der Waals surface area (Å²) in [5.74, 6) is -8.57. The molecule has 1 saturated heterocycles. The molecule has 4 N–H and O–H groups in total. The van der Waals surface area contributed by atoms with Crippen molar-refractivity contribution in [3.63, 3.8) is 0 Å². The molecule has 42 heavy (non-hydrogen) atoms. The van der Waals surface area contributed by atoms with E-state index in [2.05, 4.69) is 15.6 Å². The van der Waals surface area contributed by atoms with Gasteiger partial charge in [0, 0.05) is 29.3 Å². The first-order valence-corrected chi connectivity index (χ1v) is 12.7. The lowest BCUT2D eigenvalue weighted by molar-refractivity contribution is -0.272. The van der Waals surface area contributed by atoms with E-state index >= 15 is 4.39 Å². The van der Waals surface area contributed by atoms with E-state index in [9.17, 15) is 31.9 Å². The van der Waals surface area contributed by atoms with Crippen LogP contribution in [-0.2, 0) is 14.3 Å². The second-order valence-corrected chi connectivity index (χ2v) is 10.8. The van der Waals surface area contributed by atoms with E-state index in [-0.39, 0.29) is 23.5 Å². The van der Waals surface area contributed by atoms with Crippen LogP contribution in [0.4, 0.5) is 32.4 Å². The lowest BCUT2D eigenvalue weighted by atomic mass is 9.77. The maximum atomic E-state index is 15.0. The molecule has 2 heterocycles. The van der Waals surface area contributed by atoms with Crippen LogP contribution in [0.1, 0.15) is 56.6 Å². The number of rotatable bonds is 8. The van der Waals surface area contributed by atoms with Crippen LogP contribution in [0.5, 0.6) is 5.75 Å². The fourth-order valence-electron chi connectivity index (χ4n) is 4.46. The maximum Gasteiger partial charge on any atom is 0.417 e. The Hall–Kier alpha value is -4.01. The molecular weight excluding hydrogens is 571 g/mol. The third-order valence-corrected chi connectivity index (χ3v) is 6.66. The van der Waals surface area contributed by atoms with Gasteiger partial charge in [-0.05, 0) is 45.9 Å². The number of benzene rings is 1. The minimum atomic E-state index is -4.97. The number of alkyl halides is 3. The van der Waals surface area contributed by atoms with Crippen molar-refractivity contribution in [2.75, 3.05) is 18.5 Å². The predicted molar refractivity (Wildman–Crippen MR) is 139 cm³/mol. The summed E-state index contributed by atoms with van der Waals surface area (Å²) in [5.41, 5.74) is 1.01. The van der Waals surface area contributed by atoms with Crippen molar-refractivity contribution < 1.29 is 50.5 Å². The number of carbonyl (C=O) groups is 3. The summed E-state index contributed by atoms with van der Waals surface area (Å²) >= 11 is 0. The number of hydrogen-bond acceptors (Lipinski definition) is 7. The van der Waals surface area contributed by atoms with E-state index in [1.807, 2.05) is 0 Å². The third kappa shape index (κ3) is 7.06. The zero-order valence-electron chi connectivity index (χ0n) is 23.4. The van der Waals surface area contributed by atoms with Crippen molar-refractivity contribution in [2.24, 2.45) is 11.7 Å². The maximum absolute atomic E-state index is 15.0. The number of ether oxygens (including phenoxy) is 3. The van der Waals surface area contributed by atoms with Gasteiger partial charge in [0.2, 0.25) is 5.82 Å². The van der Waals surface area contributed by atoms with E-state index in [4.69, 9.17) is 19.9 Å². The average molecular weight is 603 g/mol. The molecule has 0 saturated carbocycles. The first-order chi connectivity index (χ1) is 19.4. The van der Waals surface area contributed by atoms with Crippen LogP contribution in [0, 0.1) is 17.6 Å². The first kappa shape index (κ1) is 32.5. The highest BCUT2D eigenvalue weighted by Gasteiger charge is 2.66. The molecule has 10 nitrogen and oxygen atoms in total. The number of aromatic nitrogens is 1. The highest BCUT2D eigenvalue weighted by molar-refractivity contribution is 5.97. The van der Waals surface area contributed by atoms with Crippen molar-refractivity contribution >= 4 is 23.6 Å². The van der Waals surface area contributed by atoms with Gasteiger partial charge >= 0.3 is 12.3 Å². The lowest BCUT2D eigenvalue weighted by Gasteiger charge is -2.32. The fourth-order valence-corrected chi connectivity index (χ4v) is 4.46. The zero-order chi connectivity index (χ0) is 31.6. The topological polar surface area (TPSA) is 142 Å². The van der Waals surface area contributed by atoms with E-state index < -0.39 is 77.2 Å². The molecule has 3 rings (SSSR count). The molecule has 2 aromatic rings. The first-order valence-electron chi connectivity index (χ1n) is 12.7. The molecule has 4 atom stereocenters. The SMILES string of the molecule is C[C@H]1[C@@H](c2ccc(F)c(F)c2OCCNC(=O)OC(C)(C)C)[C@H](C(=O)Nc2ccnc(C(N)=O)c2)O[C@@]1(C)C(F)(F)F. The summed E-state index contributed by atoms with van der Waals surface area (Å²) < 4.78 is 87.9. The van der Waals surface area contributed by atoms with Gasteiger partial charge in [-0.2, -0.15) is 17.6 Å². The number of pyridine rings is 1. The molecule has 1 aromatic heterocycles. The molecule has 1 aliphatic heterocycles. The molecule has 0 unspecified atom stereocenters. The summed E-state index contributed by atoms with van der Waals surface area (Å²) in [6.45, 7) is 6.17. The highest BCUT2D eigenvalue weighted by atomic mass is 19.4. The van der Waals surface area contributed by atoms with Crippen molar-refractivity contribution in [3.8, 4) is 5.75 Å². The summed E-state index contributed by atoms with van der Waals surface area (Å²) in [6, 6.07) is 4.09. The van der Waals surface area contributed by atoms with E-state index in [1.54, 1.807) is 20.8 Å². The molecule has 1 aromatic carbocycles. The molecule has 1 aliphatic rings. The second kappa shape index (κ2) is 12.1. The van der Waals surface area contributed by atoms with E-state index in [0.717, 1.165) is 32.2 Å². The minimum Gasteiger partial charge on any atom is -0.488 e. The molecule has 1 fully saturated rings. The van der Waals surface area contributed by atoms with Crippen molar-refractivity contribution in [1.29, 1.82) is 0 Å². The molecule has 0 radical (unpaired) electrons. The Kier molecular flexibility index (Phi) is 9.35. The number of halogens is 5. The van der Waals surface area contributed by atoms with Crippen LogP contribution in [0.2, 0.25) is 0 Å². The van der Waals surface area contributed by atoms with Crippen LogP contribution in [0.15, 0.2) is 30.5 Å². The number of nitrogens with zero attached hydrogens (tertiary/aromatic N) is 1. The monoisotopic (exact) mass is 602 g/mol. The molecule has 0 spiro atoms. The number of alkyl carbamates (subject to hydrolysis) is 1. The van der Waals surface area contributed by atoms with Crippen LogP contribution in [0.25, 0.3) is 0 Å². The van der Waals surface area contributed by atoms with Gasteiger partial charge in [0.25, 0.3) is 11.8 Å². The van der Waals surface area contributed by atoms with Gasteiger partial charge in [0.15, 0.2) is 17.2 Å². The molecule has 0 aliphatic carbocycles. The van der Waals surface area contributed by atoms with Crippen molar-refractivity contribution in [3.05, 3.63) is 53.4 Å². The standard InChI is InChI=1S/C27H31F5N4O6/c1-13-18(15-6-7-16(28)19(29)20(15)40-11-10-35-24(39)42-25(2,3)4)21(41-26(13,5)27(30,31)32)23(38)36-14-8-9-34-17(12-14)22(33)37/h6-9,12-13,18,21H,10-11H2,1-5H3,(H2,33,37)(H,35,39)(H,34,36,38)/t13-,18-,21+,26+/m0/s1. The van der Waals surface area contributed by atoms with Crippen LogP contribution in [0.3, 0.4) is 0 Å². The normalized spacial score (nSPS) is 22.4. The summed E-state index contributed by atoms with van der Waals surface area (Å²) in [4.78, 5) is 40.4. The third-order valence-electron chi connectivity index (χ3n) is 6.66. The Morgan fingerprint density at radius 1 is 1.14 bits per heavy atom. The number of primary amides is 1. The molecular formula is C27H31F5N4O6. The van der Waals surface area contributed by atoms with E-state index in [1.165, 1.54) is 6.07 Å². The van der Waals surface area contributed by atoms with Crippen LogP contribution < -0.4 is 21.1 Å². The molecule has 0 bridgehead atoms. The van der Waals surface area contributed by atoms with Crippen LogP contribution in [-0.4, -0.2) is 59.5 Å². The van der Waals surface area contributed by atoms with E-state index in [0.29, 0.717) is 6.07 Å². The fraction of sp³-hybridized carbons (Fsp3) is 0.481. The average Bonchev–Trinajstić information content (AvgIpc) is 3.15. The number of nitrogens with two attached hydrogens (primary N) is 1. The number of hydrogen-bond donors (Lipinski definition) is 3. The predicted octanol–water partition coefficient (Wildman–Crippen LogP) is 4.44. The Morgan fingerprint density at radius 2 is 1.81 bits per heavy atom. The van der Waals surface area contributed by atoms with Gasteiger partial charge in [0.05, 0.1) is 6.54 Å². The van der Waals surface area contributed by atoms with Gasteiger partial charge in [-0.1, -0.05) is 13.0 Å². The van der Waals surface area contributed by atoms with Crippen LogP contribution >= 0.6 is 0 Å². The van der Waals surface area contributed by atoms with Gasteiger partial charge in [0.1, 0.15) is 24.0 Å².